The molecule has 0 spiro atoms. The third kappa shape index (κ3) is 45.2. The maximum absolute atomic E-state index is 8.24. The molecule has 0 amide bonds. The monoisotopic (exact) mass is 125 g/mol. The summed E-state index contributed by atoms with van der Waals surface area (Å²) >= 11 is 0. The predicted molar refractivity (Wildman–Crippen MR) is 37.7 cm³/mol. The number of allylic oxidation sites excluding steroid dienone is 1. The molecule has 0 aromatic heterocycles. The Morgan fingerprint density at radius 1 is 1.67 bits per heavy atom. The van der Waals surface area contributed by atoms with Crippen molar-refractivity contribution in [2.24, 2.45) is 0 Å². The molecule has 0 aliphatic heterocycles. The molecular weight excluding hydrogens is 114 g/mol. The first-order chi connectivity index (χ1) is 4.18. The van der Waals surface area contributed by atoms with E-state index in [0.717, 1.165) is 0 Å². The maximum Gasteiger partial charge on any atom is 0.0905 e. The van der Waals surface area contributed by atoms with Crippen molar-refractivity contribution in [3.05, 3.63) is 25.3 Å². The van der Waals surface area contributed by atoms with E-state index < -0.39 is 0 Å². The van der Waals surface area contributed by atoms with Gasteiger partial charge in [-0.05, 0) is 6.92 Å². The number of nitriles is 1. The normalized spacial score (nSPS) is 9.44. The molecule has 0 saturated heterocycles. The van der Waals surface area contributed by atoms with Gasteiger partial charge in [-0.15, -0.1) is 6.58 Å². The molecule has 0 rings (SSSR count). The van der Waals surface area contributed by atoms with Crippen LogP contribution in [0.5, 0.6) is 0 Å². The lowest BCUT2D eigenvalue weighted by Crippen LogP contribution is -1.88. The number of rotatable bonds is 1. The third-order valence-corrected chi connectivity index (χ3v) is 0.432. The van der Waals surface area contributed by atoms with Gasteiger partial charge in [-0.1, -0.05) is 12.7 Å². The molecule has 9 heavy (non-hydrogen) atoms. The average Bonchev–Trinajstić information content (AvgIpc) is 1.89. The first-order valence-electron chi connectivity index (χ1n) is 2.50. The molecule has 0 aliphatic carbocycles. The van der Waals surface area contributed by atoms with Crippen LogP contribution in [0.2, 0.25) is 0 Å². The lowest BCUT2D eigenvalue weighted by atomic mass is 10.4. The predicted octanol–water partition coefficient (Wildman–Crippen LogP) is 1.25. The lowest BCUT2D eigenvalue weighted by molar-refractivity contribution is 0.244. The number of aliphatic hydroxyl groups excluding tert-OH is 1. The van der Waals surface area contributed by atoms with E-state index in [2.05, 4.69) is 13.2 Å². The molecule has 0 radical (unpaired) electrons. The number of hydrogen-bond donors (Lipinski definition) is 1. The van der Waals surface area contributed by atoms with Gasteiger partial charge in [-0.3, -0.25) is 0 Å². The summed E-state index contributed by atoms with van der Waals surface area (Å²) in [5, 5.41) is 15.8. The second-order valence-corrected chi connectivity index (χ2v) is 1.31. The molecule has 0 aliphatic rings. The number of nitrogens with zero attached hydrogens (tertiary/aromatic N) is 1. The molecule has 2 heteroatoms. The highest BCUT2D eigenvalue weighted by molar-refractivity contribution is 4.93. The molecule has 50 valence electrons. The van der Waals surface area contributed by atoms with E-state index in [1.807, 2.05) is 0 Å². The van der Waals surface area contributed by atoms with Gasteiger partial charge in [0.2, 0.25) is 0 Å². The highest BCUT2D eigenvalue weighted by Crippen LogP contribution is 1.73. The van der Waals surface area contributed by atoms with E-state index in [1.165, 1.54) is 12.2 Å². The largest absolute Gasteiger partial charge is 0.389 e. The van der Waals surface area contributed by atoms with Crippen LogP contribution in [0.3, 0.4) is 0 Å². The summed E-state index contributed by atoms with van der Waals surface area (Å²) in [5.41, 5.74) is 0. The van der Waals surface area contributed by atoms with Crippen molar-refractivity contribution in [1.82, 2.24) is 0 Å². The summed E-state index contributed by atoms with van der Waals surface area (Å²) < 4.78 is 0. The van der Waals surface area contributed by atoms with E-state index in [-0.39, 0.29) is 6.10 Å². The Kier molecular flexibility index (Phi) is 12.1. The zero-order valence-electron chi connectivity index (χ0n) is 5.54. The Morgan fingerprint density at radius 3 is 1.89 bits per heavy atom. The molecule has 2 nitrogen and oxygen atoms in total. The zero-order valence-corrected chi connectivity index (χ0v) is 5.54. The smallest absolute Gasteiger partial charge is 0.0905 e. The zero-order chi connectivity index (χ0) is 7.70. The minimum atomic E-state index is -0.352. The van der Waals surface area contributed by atoms with Crippen molar-refractivity contribution >= 4 is 0 Å². The number of aliphatic hydroxyl groups is 1. The molecule has 0 bridgehead atoms. The van der Waals surface area contributed by atoms with Crippen molar-refractivity contribution in [3.63, 3.8) is 0 Å². The van der Waals surface area contributed by atoms with Gasteiger partial charge >= 0.3 is 0 Å². The Hall–Kier alpha value is -1.07. The summed E-state index contributed by atoms with van der Waals surface area (Å²) in [5.74, 6) is 0. The van der Waals surface area contributed by atoms with Gasteiger partial charge < -0.3 is 5.11 Å². The fourth-order valence-electron chi connectivity index (χ4n) is 0. The van der Waals surface area contributed by atoms with Crippen LogP contribution in [-0.2, 0) is 0 Å². The Bertz CT molecular complexity index is 111. The molecule has 0 saturated carbocycles. The van der Waals surface area contributed by atoms with Gasteiger partial charge in [0.15, 0.2) is 0 Å². The van der Waals surface area contributed by atoms with E-state index in [0.29, 0.717) is 0 Å². The number of hydrogen-bond acceptors (Lipinski definition) is 2. The minimum absolute atomic E-state index is 0.352. The van der Waals surface area contributed by atoms with Gasteiger partial charge in [0.05, 0.1) is 12.2 Å². The van der Waals surface area contributed by atoms with Crippen molar-refractivity contribution in [2.75, 3.05) is 0 Å². The highest BCUT2D eigenvalue weighted by atomic mass is 16.3. The van der Waals surface area contributed by atoms with Crippen LogP contribution in [0.4, 0.5) is 0 Å². The Labute approximate surface area is 55.7 Å². The van der Waals surface area contributed by atoms with Gasteiger partial charge in [-0.25, -0.2) is 0 Å². The first kappa shape index (κ1) is 10.8. The fourth-order valence-corrected chi connectivity index (χ4v) is 0. The second-order valence-electron chi connectivity index (χ2n) is 1.31. The van der Waals surface area contributed by atoms with Crippen molar-refractivity contribution in [2.45, 2.75) is 13.0 Å². The molecule has 0 fully saturated rings. The summed E-state index contributed by atoms with van der Waals surface area (Å²) in [6.45, 7) is 8.09. The SMILES string of the molecule is C=CC#N.C=CC(C)O. The van der Waals surface area contributed by atoms with Gasteiger partial charge in [0.25, 0.3) is 0 Å². The summed E-state index contributed by atoms with van der Waals surface area (Å²) in [4.78, 5) is 0. The van der Waals surface area contributed by atoms with Gasteiger partial charge in [0.1, 0.15) is 0 Å². The van der Waals surface area contributed by atoms with E-state index in [4.69, 9.17) is 10.4 Å². The van der Waals surface area contributed by atoms with Crippen LogP contribution in [0.25, 0.3) is 0 Å². The van der Waals surface area contributed by atoms with Gasteiger partial charge in [-0.2, -0.15) is 5.26 Å². The lowest BCUT2D eigenvalue weighted by Gasteiger charge is -1.84. The first-order valence-corrected chi connectivity index (χ1v) is 2.50. The van der Waals surface area contributed by atoms with E-state index in [1.54, 1.807) is 13.0 Å². The van der Waals surface area contributed by atoms with Crippen molar-refractivity contribution in [1.29, 1.82) is 5.26 Å². The summed E-state index contributed by atoms with van der Waals surface area (Å²) in [6.07, 6.45) is 2.30. The standard InChI is InChI=1S/C4H8O.C3H3N/c1-3-4(2)5;1-2-3-4/h3-5H,1H2,2H3;2H,1H2. The molecule has 1 unspecified atom stereocenters. The van der Waals surface area contributed by atoms with Gasteiger partial charge in [0, 0.05) is 6.08 Å². The molecular formula is C7H11NO. The average molecular weight is 125 g/mol. The van der Waals surface area contributed by atoms with E-state index in [9.17, 15) is 0 Å². The van der Waals surface area contributed by atoms with Crippen LogP contribution in [0.1, 0.15) is 6.92 Å². The molecule has 1 atom stereocenters. The van der Waals surface area contributed by atoms with Crippen LogP contribution in [-0.4, -0.2) is 11.2 Å². The second kappa shape index (κ2) is 10.0. The third-order valence-electron chi connectivity index (χ3n) is 0.432. The van der Waals surface area contributed by atoms with Crippen molar-refractivity contribution < 1.29 is 5.11 Å². The minimum Gasteiger partial charge on any atom is -0.389 e. The Balaban J connectivity index is 0. The van der Waals surface area contributed by atoms with Crippen LogP contribution >= 0.6 is 0 Å². The molecule has 1 N–H and O–H groups in total. The van der Waals surface area contributed by atoms with E-state index >= 15 is 0 Å². The molecule has 0 heterocycles. The summed E-state index contributed by atoms with van der Waals surface area (Å²) in [7, 11) is 0. The van der Waals surface area contributed by atoms with Crippen LogP contribution in [0, 0.1) is 11.3 Å². The Morgan fingerprint density at radius 2 is 1.89 bits per heavy atom. The molecule has 0 aromatic carbocycles. The summed E-state index contributed by atoms with van der Waals surface area (Å²) in [6, 6.07) is 1.69. The highest BCUT2D eigenvalue weighted by Gasteiger charge is 1.75. The maximum atomic E-state index is 8.24. The molecule has 0 aromatic rings. The topological polar surface area (TPSA) is 44.0 Å². The quantitative estimate of drug-likeness (QED) is 0.423. The van der Waals surface area contributed by atoms with Crippen LogP contribution in [0.15, 0.2) is 25.3 Å². The fraction of sp³-hybridized carbons (Fsp3) is 0.286. The van der Waals surface area contributed by atoms with Crippen LogP contribution < -0.4 is 0 Å². The van der Waals surface area contributed by atoms with Crippen molar-refractivity contribution in [3.8, 4) is 6.07 Å².